The van der Waals surface area contributed by atoms with Gasteiger partial charge in [0.2, 0.25) is 0 Å². The van der Waals surface area contributed by atoms with Gasteiger partial charge in [0.1, 0.15) is 5.82 Å². The highest BCUT2D eigenvalue weighted by molar-refractivity contribution is 6.06. The molecule has 2 heterocycles. The summed E-state index contributed by atoms with van der Waals surface area (Å²) in [4.78, 5) is 17.2. The van der Waals surface area contributed by atoms with Gasteiger partial charge in [-0.15, -0.1) is 0 Å². The largest absolute Gasteiger partial charge is 0.348 e. The van der Waals surface area contributed by atoms with Crippen molar-refractivity contribution in [1.82, 2.24) is 15.5 Å². The molecule has 0 radical (unpaired) electrons. The summed E-state index contributed by atoms with van der Waals surface area (Å²) in [5, 5.41) is 7.42. The molecule has 0 aliphatic heterocycles. The molecule has 0 atom stereocenters. The van der Waals surface area contributed by atoms with Gasteiger partial charge < -0.3 is 9.84 Å². The van der Waals surface area contributed by atoms with Gasteiger partial charge in [-0.05, 0) is 49.9 Å². The van der Waals surface area contributed by atoms with Crippen LogP contribution in [0.3, 0.4) is 0 Å². The minimum atomic E-state index is -0.274. The number of hydrogen-bond acceptors (Lipinski definition) is 4. The standard InChI is InChI=1S/C19H18FN3O2/c1-10-3-4-12(7-15(10)20)9-21-18(24)14-8-16(13-5-6-13)22-19-17(14)11(2)23-25-19/h3-4,7-8,13H,5-6,9H2,1-2H3,(H,21,24). The quantitative estimate of drug-likeness (QED) is 0.785. The topological polar surface area (TPSA) is 68.0 Å². The van der Waals surface area contributed by atoms with E-state index in [0.29, 0.717) is 39.4 Å². The Morgan fingerprint density at radius 2 is 2.12 bits per heavy atom. The van der Waals surface area contributed by atoms with Crippen LogP contribution in [-0.4, -0.2) is 16.0 Å². The smallest absolute Gasteiger partial charge is 0.259 e. The molecule has 0 bridgehead atoms. The van der Waals surface area contributed by atoms with Crippen LogP contribution in [0.15, 0.2) is 28.8 Å². The van der Waals surface area contributed by atoms with Crippen LogP contribution >= 0.6 is 0 Å². The van der Waals surface area contributed by atoms with Gasteiger partial charge in [0, 0.05) is 18.2 Å². The number of pyridine rings is 1. The van der Waals surface area contributed by atoms with E-state index in [1.807, 2.05) is 6.07 Å². The molecule has 3 aromatic rings. The maximum Gasteiger partial charge on any atom is 0.259 e. The van der Waals surface area contributed by atoms with E-state index < -0.39 is 0 Å². The lowest BCUT2D eigenvalue weighted by molar-refractivity contribution is 0.0952. The predicted molar refractivity (Wildman–Crippen MR) is 90.8 cm³/mol. The number of aromatic nitrogens is 2. The molecule has 1 N–H and O–H groups in total. The number of fused-ring (bicyclic) bond motifs is 1. The molecule has 1 saturated carbocycles. The van der Waals surface area contributed by atoms with E-state index in [9.17, 15) is 9.18 Å². The second-order valence-electron chi connectivity index (χ2n) is 6.58. The second-order valence-corrected chi connectivity index (χ2v) is 6.58. The first kappa shape index (κ1) is 15.7. The fourth-order valence-corrected chi connectivity index (χ4v) is 2.90. The highest BCUT2D eigenvalue weighted by Gasteiger charge is 2.28. The number of nitrogens with one attached hydrogen (secondary N) is 1. The first-order valence-corrected chi connectivity index (χ1v) is 8.33. The average molecular weight is 339 g/mol. The van der Waals surface area contributed by atoms with Crippen molar-refractivity contribution in [2.75, 3.05) is 0 Å². The molecule has 128 valence electrons. The summed E-state index contributed by atoms with van der Waals surface area (Å²) in [7, 11) is 0. The Kier molecular flexibility index (Phi) is 3.75. The van der Waals surface area contributed by atoms with Crippen LogP contribution in [0.5, 0.6) is 0 Å². The van der Waals surface area contributed by atoms with Gasteiger partial charge in [-0.1, -0.05) is 17.3 Å². The van der Waals surface area contributed by atoms with Gasteiger partial charge in [0.25, 0.3) is 11.6 Å². The molecule has 4 rings (SSSR count). The maximum absolute atomic E-state index is 13.7. The van der Waals surface area contributed by atoms with Crippen LogP contribution in [0.25, 0.3) is 11.1 Å². The monoisotopic (exact) mass is 339 g/mol. The zero-order chi connectivity index (χ0) is 17.6. The van der Waals surface area contributed by atoms with Gasteiger partial charge in [-0.25, -0.2) is 9.37 Å². The molecule has 1 aliphatic carbocycles. The fraction of sp³-hybridized carbons (Fsp3) is 0.316. The normalized spacial score (nSPS) is 14.0. The Morgan fingerprint density at radius 1 is 1.32 bits per heavy atom. The van der Waals surface area contributed by atoms with Crippen LogP contribution in [0, 0.1) is 19.7 Å². The Balaban J connectivity index is 1.62. The van der Waals surface area contributed by atoms with E-state index in [0.717, 1.165) is 18.5 Å². The third-order valence-corrected chi connectivity index (χ3v) is 4.57. The van der Waals surface area contributed by atoms with Crippen molar-refractivity contribution in [3.63, 3.8) is 0 Å². The van der Waals surface area contributed by atoms with E-state index in [4.69, 9.17) is 4.52 Å². The zero-order valence-electron chi connectivity index (χ0n) is 14.1. The first-order chi connectivity index (χ1) is 12.0. The molecule has 2 aromatic heterocycles. The van der Waals surface area contributed by atoms with E-state index in [1.165, 1.54) is 6.07 Å². The number of rotatable bonds is 4. The number of carbonyl (C=O) groups excluding carboxylic acids is 1. The molecule has 1 aliphatic rings. The molecule has 0 spiro atoms. The Bertz CT molecular complexity index is 976. The zero-order valence-corrected chi connectivity index (χ0v) is 14.1. The Morgan fingerprint density at radius 3 is 2.84 bits per heavy atom. The predicted octanol–water partition coefficient (Wildman–Crippen LogP) is 3.79. The van der Waals surface area contributed by atoms with Gasteiger partial charge in [0.05, 0.1) is 16.6 Å². The average Bonchev–Trinajstić information content (AvgIpc) is 3.39. The number of nitrogens with zero attached hydrogens (tertiary/aromatic N) is 2. The minimum absolute atomic E-state index is 0.235. The summed E-state index contributed by atoms with van der Waals surface area (Å²) >= 11 is 0. The van der Waals surface area contributed by atoms with Crippen molar-refractivity contribution < 1.29 is 13.7 Å². The number of hydrogen-bond donors (Lipinski definition) is 1. The third-order valence-electron chi connectivity index (χ3n) is 4.57. The number of halogens is 1. The number of carbonyl (C=O) groups is 1. The Labute approximate surface area is 144 Å². The minimum Gasteiger partial charge on any atom is -0.348 e. The van der Waals surface area contributed by atoms with Crippen molar-refractivity contribution in [2.24, 2.45) is 0 Å². The summed E-state index contributed by atoms with van der Waals surface area (Å²) in [6.07, 6.45) is 2.16. The SMILES string of the molecule is Cc1ccc(CNC(=O)c2cc(C3CC3)nc3onc(C)c23)cc1F. The van der Waals surface area contributed by atoms with Crippen molar-refractivity contribution in [3.05, 3.63) is 58.2 Å². The third kappa shape index (κ3) is 2.99. The van der Waals surface area contributed by atoms with Crippen LogP contribution in [-0.2, 0) is 6.54 Å². The van der Waals surface area contributed by atoms with Gasteiger partial charge >= 0.3 is 0 Å². The molecule has 0 saturated heterocycles. The van der Waals surface area contributed by atoms with Crippen molar-refractivity contribution in [1.29, 1.82) is 0 Å². The van der Waals surface area contributed by atoms with Crippen molar-refractivity contribution in [2.45, 2.75) is 39.2 Å². The summed E-state index contributed by atoms with van der Waals surface area (Å²) < 4.78 is 18.9. The van der Waals surface area contributed by atoms with E-state index in [2.05, 4.69) is 15.5 Å². The van der Waals surface area contributed by atoms with Crippen LogP contribution < -0.4 is 5.32 Å². The highest BCUT2D eigenvalue weighted by atomic mass is 19.1. The molecule has 5 nitrogen and oxygen atoms in total. The van der Waals surface area contributed by atoms with Crippen molar-refractivity contribution >= 4 is 17.0 Å². The summed E-state index contributed by atoms with van der Waals surface area (Å²) in [6, 6.07) is 6.78. The Hall–Kier alpha value is -2.76. The second kappa shape index (κ2) is 5.95. The molecule has 25 heavy (non-hydrogen) atoms. The number of benzene rings is 1. The summed E-state index contributed by atoms with van der Waals surface area (Å²) in [5.41, 5.74) is 3.71. The summed E-state index contributed by atoms with van der Waals surface area (Å²) in [5.74, 6) is -0.113. The van der Waals surface area contributed by atoms with Crippen LogP contribution in [0.4, 0.5) is 4.39 Å². The molecule has 1 amide bonds. The van der Waals surface area contributed by atoms with Gasteiger partial charge in [-0.2, -0.15) is 0 Å². The highest BCUT2D eigenvalue weighted by Crippen LogP contribution is 2.40. The van der Waals surface area contributed by atoms with Crippen LogP contribution in [0.2, 0.25) is 0 Å². The van der Waals surface area contributed by atoms with Crippen molar-refractivity contribution in [3.8, 4) is 0 Å². The first-order valence-electron chi connectivity index (χ1n) is 8.33. The summed E-state index contributed by atoms with van der Waals surface area (Å²) in [6.45, 7) is 3.75. The molecule has 0 unspecified atom stereocenters. The number of amides is 1. The molecular weight excluding hydrogens is 321 g/mol. The van der Waals surface area contributed by atoms with Gasteiger partial charge in [-0.3, -0.25) is 4.79 Å². The lowest BCUT2D eigenvalue weighted by Crippen LogP contribution is -2.23. The molecule has 1 aromatic carbocycles. The lowest BCUT2D eigenvalue weighted by atomic mass is 10.1. The number of aryl methyl sites for hydroxylation is 2. The van der Waals surface area contributed by atoms with Gasteiger partial charge in [0.15, 0.2) is 0 Å². The molecule has 1 fully saturated rings. The molecule has 6 heteroatoms. The molecular formula is C19H18FN3O2. The van der Waals surface area contributed by atoms with E-state index in [-0.39, 0.29) is 18.3 Å². The van der Waals surface area contributed by atoms with Crippen LogP contribution in [0.1, 0.15) is 51.6 Å². The van der Waals surface area contributed by atoms with E-state index in [1.54, 1.807) is 26.0 Å². The lowest BCUT2D eigenvalue weighted by Gasteiger charge is -2.08. The fourth-order valence-electron chi connectivity index (χ4n) is 2.90. The maximum atomic E-state index is 13.7. The van der Waals surface area contributed by atoms with E-state index >= 15 is 0 Å².